The molecule has 0 saturated heterocycles. The number of benzene rings is 2. The van der Waals surface area contributed by atoms with Crippen LogP contribution in [0.4, 0.5) is 0 Å². The van der Waals surface area contributed by atoms with Crippen LogP contribution in [-0.4, -0.2) is 29.3 Å². The Morgan fingerprint density at radius 3 is 2.32 bits per heavy atom. The fraction of sp³-hybridized carbons (Fsp3) is 0.360. The number of hydrogen-bond donors (Lipinski definition) is 2. The number of ether oxygens (including phenoxy) is 2. The van der Waals surface area contributed by atoms with Crippen molar-refractivity contribution in [2.45, 2.75) is 40.0 Å². The van der Waals surface area contributed by atoms with E-state index in [1.807, 2.05) is 56.3 Å². The Morgan fingerprint density at radius 2 is 1.68 bits per heavy atom. The van der Waals surface area contributed by atoms with E-state index in [4.69, 9.17) is 9.47 Å². The van der Waals surface area contributed by atoms with E-state index in [2.05, 4.69) is 4.98 Å². The second-order valence-electron chi connectivity index (χ2n) is 8.11. The lowest BCUT2D eigenvalue weighted by atomic mass is 9.81. The van der Waals surface area contributed by atoms with Crippen molar-refractivity contribution in [2.75, 3.05) is 13.2 Å². The molecule has 1 aromatic heterocycles. The van der Waals surface area contributed by atoms with Gasteiger partial charge in [-0.3, -0.25) is 9.59 Å². The number of aryl methyl sites for hydroxylation is 1. The van der Waals surface area contributed by atoms with E-state index in [-0.39, 0.29) is 5.56 Å². The molecule has 0 saturated carbocycles. The summed E-state index contributed by atoms with van der Waals surface area (Å²) in [5.74, 6) is 0.676. The molecule has 31 heavy (non-hydrogen) atoms. The molecule has 0 fully saturated rings. The number of aromatic amines is 1. The highest BCUT2D eigenvalue weighted by molar-refractivity contribution is 5.83. The quantitative estimate of drug-likeness (QED) is 0.460. The van der Waals surface area contributed by atoms with Crippen LogP contribution in [-0.2, 0) is 11.2 Å². The first-order valence-corrected chi connectivity index (χ1v) is 10.5. The van der Waals surface area contributed by atoms with Crippen molar-refractivity contribution < 1.29 is 19.4 Å². The fourth-order valence-corrected chi connectivity index (χ4v) is 3.45. The summed E-state index contributed by atoms with van der Waals surface area (Å²) in [6, 6.07) is 14.8. The Kier molecular flexibility index (Phi) is 7.00. The van der Waals surface area contributed by atoms with Crippen molar-refractivity contribution in [3.63, 3.8) is 0 Å². The van der Waals surface area contributed by atoms with E-state index in [0.29, 0.717) is 38.2 Å². The molecular weight excluding hydrogens is 394 g/mol. The molecule has 6 heteroatoms. The maximum Gasteiger partial charge on any atom is 0.309 e. The minimum atomic E-state index is -0.775. The van der Waals surface area contributed by atoms with Crippen LogP contribution >= 0.6 is 0 Å². The first-order valence-electron chi connectivity index (χ1n) is 10.5. The number of fused-ring (bicyclic) bond motifs is 1. The molecule has 0 unspecified atom stereocenters. The lowest BCUT2D eigenvalue weighted by Crippen LogP contribution is -2.29. The van der Waals surface area contributed by atoms with Crippen molar-refractivity contribution in [1.29, 1.82) is 0 Å². The second kappa shape index (κ2) is 9.69. The summed E-state index contributed by atoms with van der Waals surface area (Å²) in [5, 5.41) is 10.4. The van der Waals surface area contributed by atoms with Gasteiger partial charge < -0.3 is 19.6 Å². The van der Waals surface area contributed by atoms with E-state index in [0.717, 1.165) is 27.8 Å². The van der Waals surface area contributed by atoms with Gasteiger partial charge in [0.1, 0.15) is 11.5 Å². The number of H-pyrrole nitrogens is 1. The summed E-state index contributed by atoms with van der Waals surface area (Å²) in [4.78, 5) is 25.9. The Bertz CT molecular complexity index is 1100. The SMILES string of the molecule is CC[C@@](C)(Cc1ccc(OCCCOc2ccc3c(C)cc(=O)[nH]c3c2)cc1)C(=O)O. The third-order valence-corrected chi connectivity index (χ3v) is 5.66. The largest absolute Gasteiger partial charge is 0.493 e. The van der Waals surface area contributed by atoms with Crippen LogP contribution in [0.5, 0.6) is 11.5 Å². The molecule has 3 aromatic rings. The average molecular weight is 424 g/mol. The summed E-state index contributed by atoms with van der Waals surface area (Å²) < 4.78 is 11.5. The number of aromatic nitrogens is 1. The van der Waals surface area contributed by atoms with E-state index >= 15 is 0 Å². The van der Waals surface area contributed by atoms with Crippen LogP contribution in [0.15, 0.2) is 53.3 Å². The first-order chi connectivity index (χ1) is 14.8. The minimum Gasteiger partial charge on any atom is -0.493 e. The van der Waals surface area contributed by atoms with E-state index < -0.39 is 11.4 Å². The highest BCUT2D eigenvalue weighted by atomic mass is 16.5. The summed E-state index contributed by atoms with van der Waals surface area (Å²) >= 11 is 0. The normalized spacial score (nSPS) is 13.0. The molecule has 1 atom stereocenters. The summed E-state index contributed by atoms with van der Waals surface area (Å²) in [6.07, 6.45) is 1.77. The molecule has 6 nitrogen and oxygen atoms in total. The maximum absolute atomic E-state index is 11.6. The van der Waals surface area contributed by atoms with Crippen LogP contribution < -0.4 is 15.0 Å². The first kappa shape index (κ1) is 22.4. The van der Waals surface area contributed by atoms with Gasteiger partial charge in [-0.05, 0) is 62.1 Å². The van der Waals surface area contributed by atoms with Gasteiger partial charge in [0.25, 0.3) is 0 Å². The van der Waals surface area contributed by atoms with Crippen molar-refractivity contribution in [3.8, 4) is 11.5 Å². The number of aliphatic carboxylic acids is 1. The fourth-order valence-electron chi connectivity index (χ4n) is 3.45. The Morgan fingerprint density at radius 1 is 1.03 bits per heavy atom. The number of nitrogens with one attached hydrogen (secondary N) is 1. The highest BCUT2D eigenvalue weighted by Crippen LogP contribution is 2.27. The Balaban J connectivity index is 1.46. The molecule has 0 spiro atoms. The van der Waals surface area contributed by atoms with Gasteiger partial charge in [0.05, 0.1) is 24.1 Å². The van der Waals surface area contributed by atoms with Gasteiger partial charge >= 0.3 is 5.97 Å². The molecular formula is C25H29NO5. The van der Waals surface area contributed by atoms with Gasteiger partial charge in [-0.25, -0.2) is 0 Å². The van der Waals surface area contributed by atoms with E-state index in [9.17, 15) is 14.7 Å². The zero-order chi connectivity index (χ0) is 22.4. The number of rotatable bonds is 10. The minimum absolute atomic E-state index is 0.121. The third kappa shape index (κ3) is 5.66. The molecule has 2 N–H and O–H groups in total. The van der Waals surface area contributed by atoms with Gasteiger partial charge in [-0.15, -0.1) is 0 Å². The van der Waals surface area contributed by atoms with Gasteiger partial charge in [0, 0.05) is 23.9 Å². The molecule has 0 radical (unpaired) electrons. The average Bonchev–Trinajstić information content (AvgIpc) is 2.74. The monoisotopic (exact) mass is 423 g/mol. The Labute approximate surface area is 181 Å². The predicted octanol–water partition coefficient (Wildman–Crippen LogP) is 4.73. The van der Waals surface area contributed by atoms with Crippen LogP contribution in [0.1, 0.15) is 37.8 Å². The molecule has 0 aliphatic rings. The van der Waals surface area contributed by atoms with Gasteiger partial charge in [-0.1, -0.05) is 19.1 Å². The number of carboxylic acids is 1. The van der Waals surface area contributed by atoms with Crippen molar-refractivity contribution >= 4 is 16.9 Å². The molecule has 164 valence electrons. The molecule has 0 amide bonds. The number of carboxylic acid groups (broad SMARTS) is 1. The number of pyridine rings is 1. The summed E-state index contributed by atoms with van der Waals surface area (Å²) in [6.45, 7) is 6.58. The maximum atomic E-state index is 11.6. The predicted molar refractivity (Wildman–Crippen MR) is 121 cm³/mol. The van der Waals surface area contributed by atoms with Crippen molar-refractivity contribution in [1.82, 2.24) is 4.98 Å². The lowest BCUT2D eigenvalue weighted by molar-refractivity contribution is -0.148. The van der Waals surface area contributed by atoms with E-state index in [1.54, 1.807) is 13.0 Å². The molecule has 1 heterocycles. The zero-order valence-electron chi connectivity index (χ0n) is 18.2. The van der Waals surface area contributed by atoms with Crippen molar-refractivity contribution in [3.05, 3.63) is 70.0 Å². The van der Waals surface area contributed by atoms with Crippen LogP contribution in [0, 0.1) is 12.3 Å². The second-order valence-corrected chi connectivity index (χ2v) is 8.11. The van der Waals surface area contributed by atoms with Gasteiger partial charge in [0.15, 0.2) is 0 Å². The number of hydrogen-bond acceptors (Lipinski definition) is 4. The highest BCUT2D eigenvalue weighted by Gasteiger charge is 2.31. The topological polar surface area (TPSA) is 88.6 Å². The number of carbonyl (C=O) groups is 1. The standard InChI is InChI=1S/C25H29NO5/c1-4-25(3,24(28)29)16-18-6-8-19(9-7-18)30-12-5-13-31-20-10-11-21-17(2)14-23(27)26-22(21)15-20/h6-11,14-15H,4-5,12-13,16H2,1-3H3,(H,26,27)(H,28,29)/t25-/m0/s1. The summed E-state index contributed by atoms with van der Waals surface area (Å²) in [7, 11) is 0. The molecule has 0 bridgehead atoms. The Hall–Kier alpha value is -3.28. The lowest BCUT2D eigenvalue weighted by Gasteiger charge is -2.23. The summed E-state index contributed by atoms with van der Waals surface area (Å²) in [5.41, 5.74) is 1.80. The molecule has 3 rings (SSSR count). The third-order valence-electron chi connectivity index (χ3n) is 5.66. The van der Waals surface area contributed by atoms with E-state index in [1.165, 1.54) is 0 Å². The molecule has 2 aromatic carbocycles. The van der Waals surface area contributed by atoms with Gasteiger partial charge in [-0.2, -0.15) is 0 Å². The van der Waals surface area contributed by atoms with Crippen molar-refractivity contribution in [2.24, 2.45) is 5.41 Å². The molecule has 0 aliphatic heterocycles. The zero-order valence-corrected chi connectivity index (χ0v) is 18.2. The smallest absolute Gasteiger partial charge is 0.309 e. The van der Waals surface area contributed by atoms with Crippen LogP contribution in [0.3, 0.4) is 0 Å². The van der Waals surface area contributed by atoms with Gasteiger partial charge in [0.2, 0.25) is 5.56 Å². The van der Waals surface area contributed by atoms with Crippen LogP contribution in [0.25, 0.3) is 10.9 Å². The van der Waals surface area contributed by atoms with Crippen LogP contribution in [0.2, 0.25) is 0 Å². The molecule has 0 aliphatic carbocycles.